The van der Waals surface area contributed by atoms with Crippen molar-refractivity contribution in [2.45, 2.75) is 32.9 Å². The fourth-order valence-corrected chi connectivity index (χ4v) is 2.17. The molecule has 1 aliphatic rings. The van der Waals surface area contributed by atoms with Gasteiger partial charge in [-0.25, -0.2) is 14.5 Å². The van der Waals surface area contributed by atoms with Crippen LogP contribution in [0.5, 0.6) is 0 Å². The van der Waals surface area contributed by atoms with Gasteiger partial charge in [0.1, 0.15) is 12.2 Å². The van der Waals surface area contributed by atoms with Crippen LogP contribution in [-0.2, 0) is 17.9 Å². The van der Waals surface area contributed by atoms with Crippen LogP contribution in [0.3, 0.4) is 0 Å². The predicted molar refractivity (Wildman–Crippen MR) is 66.0 cm³/mol. The minimum absolute atomic E-state index is 0.202. The highest BCUT2D eigenvalue weighted by molar-refractivity contribution is 6.05. The number of hydrogen-bond donors (Lipinski definition) is 1. The first-order chi connectivity index (χ1) is 8.72. The van der Waals surface area contributed by atoms with Crippen molar-refractivity contribution in [3.63, 3.8) is 0 Å². The Hall–Kier alpha value is -2.11. The van der Waals surface area contributed by atoms with Crippen molar-refractivity contribution in [2.75, 3.05) is 5.73 Å². The van der Waals surface area contributed by atoms with Gasteiger partial charge in [-0.05, 0) is 6.42 Å². The highest BCUT2D eigenvalue weighted by atomic mass is 16.5. The van der Waals surface area contributed by atoms with Gasteiger partial charge in [-0.15, -0.1) is 0 Å². The molecule has 0 saturated carbocycles. The molecule has 2 aromatic heterocycles. The number of fused-ring (bicyclic) bond motifs is 2. The average Bonchev–Trinajstić information content (AvgIpc) is 2.92. The van der Waals surface area contributed by atoms with E-state index in [2.05, 4.69) is 17.0 Å². The summed E-state index contributed by atoms with van der Waals surface area (Å²) < 4.78 is 6.79. The highest BCUT2D eigenvalue weighted by Crippen LogP contribution is 2.30. The van der Waals surface area contributed by atoms with Crippen molar-refractivity contribution in [2.24, 2.45) is 0 Å². The van der Waals surface area contributed by atoms with E-state index in [1.165, 1.54) is 0 Å². The average molecular weight is 246 g/mol. The summed E-state index contributed by atoms with van der Waals surface area (Å²) >= 11 is 0. The fraction of sp³-hybridized carbons (Fsp3) is 0.417. The molecule has 18 heavy (non-hydrogen) atoms. The van der Waals surface area contributed by atoms with Crippen molar-refractivity contribution in [3.05, 3.63) is 17.5 Å². The first-order valence-corrected chi connectivity index (χ1v) is 6.03. The Labute approximate surface area is 104 Å². The zero-order chi connectivity index (χ0) is 12.7. The van der Waals surface area contributed by atoms with Gasteiger partial charge >= 0.3 is 5.97 Å². The zero-order valence-electron chi connectivity index (χ0n) is 10.1. The van der Waals surface area contributed by atoms with Gasteiger partial charge in [0.25, 0.3) is 0 Å². The second kappa shape index (κ2) is 3.97. The summed E-state index contributed by atoms with van der Waals surface area (Å²) in [6, 6.07) is 0. The summed E-state index contributed by atoms with van der Waals surface area (Å²) in [5.74, 6) is -0.391. The molecule has 0 radical (unpaired) electrons. The first kappa shape index (κ1) is 11.0. The fourth-order valence-electron chi connectivity index (χ4n) is 2.17. The number of nitrogens with zero attached hydrogens (tertiary/aromatic N) is 3. The van der Waals surface area contributed by atoms with Crippen LogP contribution in [0.25, 0.3) is 11.0 Å². The van der Waals surface area contributed by atoms with Gasteiger partial charge in [0.2, 0.25) is 0 Å². The third kappa shape index (κ3) is 1.45. The number of cyclic esters (lactones) is 1. The molecule has 0 fully saturated rings. The van der Waals surface area contributed by atoms with Crippen molar-refractivity contribution in [3.8, 4) is 0 Å². The van der Waals surface area contributed by atoms with Crippen molar-refractivity contribution >= 4 is 22.7 Å². The number of pyridine rings is 1. The normalized spacial score (nSPS) is 13.9. The lowest BCUT2D eigenvalue weighted by atomic mass is 10.1. The number of ether oxygens (including phenoxy) is 1. The maximum Gasteiger partial charge on any atom is 0.342 e. The summed E-state index contributed by atoms with van der Waals surface area (Å²) in [6.45, 7) is 3.13. The molecule has 94 valence electrons. The summed E-state index contributed by atoms with van der Waals surface area (Å²) in [7, 11) is 0. The van der Waals surface area contributed by atoms with Crippen LogP contribution in [0, 0.1) is 0 Å². The van der Waals surface area contributed by atoms with Crippen molar-refractivity contribution < 1.29 is 9.53 Å². The molecular weight excluding hydrogens is 232 g/mol. The molecule has 6 heteroatoms. The SMILES string of the molecule is CCCCn1ncc2c(N)c3c(nc21)COC3=O. The van der Waals surface area contributed by atoms with Crippen LogP contribution in [0.4, 0.5) is 5.69 Å². The molecule has 0 saturated heterocycles. The molecule has 6 nitrogen and oxygen atoms in total. The van der Waals surface area contributed by atoms with Gasteiger partial charge in [-0.2, -0.15) is 5.10 Å². The minimum Gasteiger partial charge on any atom is -0.455 e. The van der Waals surface area contributed by atoms with E-state index in [9.17, 15) is 4.79 Å². The number of rotatable bonds is 3. The second-order valence-corrected chi connectivity index (χ2v) is 4.38. The van der Waals surface area contributed by atoms with Crippen molar-refractivity contribution in [1.82, 2.24) is 14.8 Å². The number of aromatic nitrogens is 3. The molecule has 2 aromatic rings. The minimum atomic E-state index is -0.391. The number of nitrogens with two attached hydrogens (primary N) is 1. The lowest BCUT2D eigenvalue weighted by Crippen LogP contribution is -2.05. The molecule has 0 unspecified atom stereocenters. The molecule has 0 bridgehead atoms. The Morgan fingerprint density at radius 2 is 2.39 bits per heavy atom. The van der Waals surface area contributed by atoms with E-state index in [0.717, 1.165) is 30.4 Å². The van der Waals surface area contributed by atoms with Crippen LogP contribution < -0.4 is 5.73 Å². The second-order valence-electron chi connectivity index (χ2n) is 4.38. The van der Waals surface area contributed by atoms with Crippen molar-refractivity contribution in [1.29, 1.82) is 0 Å². The van der Waals surface area contributed by atoms with Crippen LogP contribution in [0.1, 0.15) is 35.8 Å². The number of nitrogen functional groups attached to an aromatic ring is 1. The Balaban J connectivity index is 2.17. The highest BCUT2D eigenvalue weighted by Gasteiger charge is 2.28. The van der Waals surface area contributed by atoms with E-state index in [-0.39, 0.29) is 6.61 Å². The van der Waals surface area contributed by atoms with E-state index < -0.39 is 5.97 Å². The maximum absolute atomic E-state index is 11.5. The third-order valence-electron chi connectivity index (χ3n) is 3.17. The quantitative estimate of drug-likeness (QED) is 0.829. The molecule has 2 N–H and O–H groups in total. The van der Waals surface area contributed by atoms with Gasteiger partial charge < -0.3 is 10.5 Å². The van der Waals surface area contributed by atoms with Gasteiger partial charge in [0.05, 0.1) is 23.0 Å². The molecule has 3 rings (SSSR count). The van der Waals surface area contributed by atoms with Gasteiger partial charge in [0, 0.05) is 6.54 Å². The number of carbonyl (C=O) groups excluding carboxylic acids is 1. The van der Waals surface area contributed by atoms with E-state index in [1.807, 2.05) is 4.68 Å². The topological polar surface area (TPSA) is 83.0 Å². The number of unbranched alkanes of at least 4 members (excludes halogenated alkanes) is 1. The first-order valence-electron chi connectivity index (χ1n) is 6.03. The molecule has 0 aromatic carbocycles. The number of aryl methyl sites for hydroxylation is 1. The molecule has 0 atom stereocenters. The standard InChI is InChI=1S/C12H14N4O2/c1-2-3-4-16-11-7(5-14-16)10(13)9-8(15-11)6-18-12(9)17/h5H,2-4,6H2,1H3,(H2,13,15). The van der Waals surface area contributed by atoms with E-state index >= 15 is 0 Å². The van der Waals surface area contributed by atoms with E-state index in [4.69, 9.17) is 10.5 Å². The monoisotopic (exact) mass is 246 g/mol. The smallest absolute Gasteiger partial charge is 0.342 e. The molecule has 1 aliphatic heterocycles. The predicted octanol–water partition coefficient (Wildman–Crippen LogP) is 1.48. The Morgan fingerprint density at radius 1 is 1.56 bits per heavy atom. The van der Waals surface area contributed by atoms with Crippen LogP contribution >= 0.6 is 0 Å². The largest absolute Gasteiger partial charge is 0.455 e. The summed E-state index contributed by atoms with van der Waals surface area (Å²) in [5.41, 5.74) is 8.19. The lowest BCUT2D eigenvalue weighted by Gasteiger charge is -2.04. The number of esters is 1. The number of carbonyl (C=O) groups is 1. The van der Waals surface area contributed by atoms with Gasteiger partial charge in [-0.1, -0.05) is 13.3 Å². The molecule has 0 amide bonds. The van der Waals surface area contributed by atoms with E-state index in [0.29, 0.717) is 16.9 Å². The van der Waals surface area contributed by atoms with Crippen LogP contribution in [-0.4, -0.2) is 20.7 Å². The zero-order valence-corrected chi connectivity index (χ0v) is 10.1. The van der Waals surface area contributed by atoms with Gasteiger partial charge in [-0.3, -0.25) is 0 Å². The number of hydrogen-bond acceptors (Lipinski definition) is 5. The van der Waals surface area contributed by atoms with Crippen LogP contribution in [0.15, 0.2) is 6.20 Å². The van der Waals surface area contributed by atoms with Crippen LogP contribution in [0.2, 0.25) is 0 Å². The number of anilines is 1. The van der Waals surface area contributed by atoms with Gasteiger partial charge in [0.15, 0.2) is 5.65 Å². The Kier molecular flexibility index (Phi) is 2.43. The Morgan fingerprint density at radius 3 is 3.17 bits per heavy atom. The maximum atomic E-state index is 11.5. The molecule has 3 heterocycles. The Bertz CT molecular complexity index is 633. The summed E-state index contributed by atoms with van der Waals surface area (Å²) in [6.07, 6.45) is 3.79. The lowest BCUT2D eigenvalue weighted by molar-refractivity contribution is 0.0534. The van der Waals surface area contributed by atoms with E-state index in [1.54, 1.807) is 6.20 Å². The molecular formula is C12H14N4O2. The molecule has 0 aliphatic carbocycles. The third-order valence-corrected chi connectivity index (χ3v) is 3.17. The summed E-state index contributed by atoms with van der Waals surface area (Å²) in [4.78, 5) is 16.0. The molecule has 0 spiro atoms. The summed E-state index contributed by atoms with van der Waals surface area (Å²) in [5, 5.41) is 5.01.